The van der Waals surface area contributed by atoms with Gasteiger partial charge in [0.25, 0.3) is 0 Å². The Morgan fingerprint density at radius 1 is 1.35 bits per heavy atom. The number of methoxy groups -OCH3 is 1. The Kier molecular flexibility index (Phi) is 4.28. The molecule has 0 amide bonds. The Bertz CT molecular complexity index is 493. The molecule has 0 aliphatic carbocycles. The molecule has 1 aromatic rings. The number of ether oxygens (including phenoxy) is 1. The second kappa shape index (κ2) is 5.49. The molecule has 5 nitrogen and oxygen atoms in total. The van der Waals surface area contributed by atoms with Gasteiger partial charge >= 0.3 is 11.9 Å². The topological polar surface area (TPSA) is 83.8 Å². The summed E-state index contributed by atoms with van der Waals surface area (Å²) in [7, 11) is 1.35. The summed E-state index contributed by atoms with van der Waals surface area (Å²) < 4.78 is 5.41. The van der Waals surface area contributed by atoms with Crippen molar-refractivity contribution >= 4 is 33.9 Å². The maximum atomic E-state index is 10.9. The van der Waals surface area contributed by atoms with Gasteiger partial charge < -0.3 is 14.9 Å². The van der Waals surface area contributed by atoms with E-state index in [1.165, 1.54) is 25.3 Å². The van der Waals surface area contributed by atoms with Gasteiger partial charge in [0.05, 0.1) is 7.11 Å². The van der Waals surface area contributed by atoms with Crippen molar-refractivity contribution in [1.29, 1.82) is 0 Å². The van der Waals surface area contributed by atoms with Crippen LogP contribution < -0.4 is 4.74 Å². The SMILES string of the molecule is COc1cc(C=CC(=O)O)c(Br)cc1C(=O)O. The lowest BCUT2D eigenvalue weighted by molar-refractivity contribution is -0.131. The van der Waals surface area contributed by atoms with E-state index >= 15 is 0 Å². The van der Waals surface area contributed by atoms with Gasteiger partial charge in [-0.15, -0.1) is 0 Å². The van der Waals surface area contributed by atoms with E-state index < -0.39 is 11.9 Å². The summed E-state index contributed by atoms with van der Waals surface area (Å²) in [5.41, 5.74) is 0.529. The molecule has 1 rings (SSSR count). The maximum absolute atomic E-state index is 10.9. The van der Waals surface area contributed by atoms with E-state index in [1.807, 2.05) is 0 Å². The molecule has 0 atom stereocenters. The van der Waals surface area contributed by atoms with E-state index in [1.54, 1.807) is 0 Å². The summed E-state index contributed by atoms with van der Waals surface area (Å²) in [6.45, 7) is 0. The molecule has 0 radical (unpaired) electrons. The van der Waals surface area contributed by atoms with Crippen LogP contribution in [0.15, 0.2) is 22.7 Å². The first-order chi connectivity index (χ1) is 7.95. The van der Waals surface area contributed by atoms with Gasteiger partial charge in [-0.1, -0.05) is 15.9 Å². The van der Waals surface area contributed by atoms with Gasteiger partial charge in [-0.3, -0.25) is 0 Å². The summed E-state index contributed by atoms with van der Waals surface area (Å²) in [6, 6.07) is 2.82. The largest absolute Gasteiger partial charge is 0.496 e. The number of carbonyl (C=O) groups is 2. The number of aromatic carboxylic acids is 1. The van der Waals surface area contributed by atoms with Crippen molar-refractivity contribution in [3.63, 3.8) is 0 Å². The van der Waals surface area contributed by atoms with Crippen molar-refractivity contribution in [3.8, 4) is 5.75 Å². The second-order valence-corrected chi connectivity index (χ2v) is 3.91. The van der Waals surface area contributed by atoms with Crippen LogP contribution >= 0.6 is 15.9 Å². The number of halogens is 1. The van der Waals surface area contributed by atoms with Gasteiger partial charge in [-0.05, 0) is 23.8 Å². The minimum Gasteiger partial charge on any atom is -0.496 e. The van der Waals surface area contributed by atoms with Gasteiger partial charge in [-0.2, -0.15) is 0 Å². The summed E-state index contributed by atoms with van der Waals surface area (Å²) >= 11 is 3.17. The van der Waals surface area contributed by atoms with Crippen LogP contribution in [0.1, 0.15) is 15.9 Å². The third-order valence-corrected chi connectivity index (χ3v) is 2.64. The number of benzene rings is 1. The fraction of sp³-hybridized carbons (Fsp3) is 0.0909. The predicted molar refractivity (Wildman–Crippen MR) is 64.3 cm³/mol. The van der Waals surface area contributed by atoms with Crippen molar-refractivity contribution in [2.75, 3.05) is 7.11 Å². The third-order valence-electron chi connectivity index (χ3n) is 1.95. The van der Waals surface area contributed by atoms with Crippen molar-refractivity contribution in [1.82, 2.24) is 0 Å². The summed E-state index contributed by atoms with van der Waals surface area (Å²) in [4.78, 5) is 21.3. The van der Waals surface area contributed by atoms with Gasteiger partial charge in [-0.25, -0.2) is 9.59 Å². The zero-order valence-corrected chi connectivity index (χ0v) is 10.4. The lowest BCUT2D eigenvalue weighted by Crippen LogP contribution is -2.01. The smallest absolute Gasteiger partial charge is 0.339 e. The molecule has 1 aromatic carbocycles. The Morgan fingerprint density at radius 2 is 2.00 bits per heavy atom. The van der Waals surface area contributed by atoms with Gasteiger partial charge in [0.2, 0.25) is 0 Å². The van der Waals surface area contributed by atoms with Crippen LogP contribution in [0.3, 0.4) is 0 Å². The molecule has 90 valence electrons. The molecule has 0 saturated heterocycles. The Morgan fingerprint density at radius 3 is 2.47 bits per heavy atom. The molecule has 0 bridgehead atoms. The number of hydrogen-bond acceptors (Lipinski definition) is 3. The monoisotopic (exact) mass is 300 g/mol. The zero-order chi connectivity index (χ0) is 13.0. The molecule has 17 heavy (non-hydrogen) atoms. The van der Waals surface area contributed by atoms with Crippen LogP contribution in [0.5, 0.6) is 5.75 Å². The maximum Gasteiger partial charge on any atom is 0.339 e. The number of aliphatic carboxylic acids is 1. The van der Waals surface area contributed by atoms with Gasteiger partial charge in [0.1, 0.15) is 11.3 Å². The first-order valence-corrected chi connectivity index (χ1v) is 5.27. The number of carboxylic acid groups (broad SMARTS) is 2. The zero-order valence-electron chi connectivity index (χ0n) is 8.81. The summed E-state index contributed by atoms with van der Waals surface area (Å²) in [6.07, 6.45) is 2.31. The Hall–Kier alpha value is -1.82. The number of rotatable bonds is 4. The van der Waals surface area contributed by atoms with E-state index in [-0.39, 0.29) is 11.3 Å². The second-order valence-electron chi connectivity index (χ2n) is 3.05. The molecule has 0 aromatic heterocycles. The minimum absolute atomic E-state index is 0.00634. The van der Waals surface area contributed by atoms with Gasteiger partial charge in [0.15, 0.2) is 0 Å². The van der Waals surface area contributed by atoms with Crippen molar-refractivity contribution in [2.45, 2.75) is 0 Å². The molecule has 0 fully saturated rings. The average molecular weight is 301 g/mol. The molecule has 6 heteroatoms. The van der Waals surface area contributed by atoms with E-state index in [0.29, 0.717) is 10.0 Å². The van der Waals surface area contributed by atoms with E-state index in [0.717, 1.165) is 6.08 Å². The van der Waals surface area contributed by atoms with E-state index in [2.05, 4.69) is 15.9 Å². The van der Waals surface area contributed by atoms with Crippen LogP contribution in [0, 0.1) is 0 Å². The standard InChI is InChI=1S/C11H9BrO5/c1-17-9-4-6(2-3-10(13)14)8(12)5-7(9)11(15)16/h2-5H,1H3,(H,13,14)(H,15,16). The predicted octanol–water partition coefficient (Wildman–Crippen LogP) is 2.25. The Balaban J connectivity index is 3.27. The van der Waals surface area contributed by atoms with E-state index in [4.69, 9.17) is 14.9 Å². The van der Waals surface area contributed by atoms with Crippen LogP contribution in [-0.2, 0) is 4.79 Å². The van der Waals surface area contributed by atoms with Gasteiger partial charge in [0, 0.05) is 10.5 Å². The molecule has 0 saturated carbocycles. The highest BCUT2D eigenvalue weighted by atomic mass is 79.9. The van der Waals surface area contributed by atoms with E-state index in [9.17, 15) is 9.59 Å². The lowest BCUT2D eigenvalue weighted by atomic mass is 10.1. The highest BCUT2D eigenvalue weighted by Gasteiger charge is 2.13. The first-order valence-electron chi connectivity index (χ1n) is 4.47. The molecular formula is C11H9BrO5. The number of hydrogen-bond donors (Lipinski definition) is 2. The minimum atomic E-state index is -1.11. The highest BCUT2D eigenvalue weighted by Crippen LogP contribution is 2.28. The van der Waals surface area contributed by atoms with Crippen LogP contribution in [0.25, 0.3) is 6.08 Å². The molecule has 2 N–H and O–H groups in total. The molecule has 0 spiro atoms. The molecule has 0 aliphatic heterocycles. The average Bonchev–Trinajstić information content (AvgIpc) is 2.26. The summed E-state index contributed by atoms with van der Waals surface area (Å²) in [5, 5.41) is 17.4. The van der Waals surface area contributed by atoms with Crippen molar-refractivity contribution in [2.24, 2.45) is 0 Å². The molecule has 0 unspecified atom stereocenters. The normalized spacial score (nSPS) is 10.5. The Labute approximate surface area is 105 Å². The van der Waals surface area contributed by atoms with Crippen LogP contribution in [-0.4, -0.2) is 29.3 Å². The quantitative estimate of drug-likeness (QED) is 0.833. The highest BCUT2D eigenvalue weighted by molar-refractivity contribution is 9.10. The number of carboxylic acids is 2. The summed E-state index contributed by atoms with van der Waals surface area (Å²) in [5.74, 6) is -2.03. The lowest BCUT2D eigenvalue weighted by Gasteiger charge is -2.07. The van der Waals surface area contributed by atoms with Crippen molar-refractivity contribution in [3.05, 3.63) is 33.8 Å². The fourth-order valence-corrected chi connectivity index (χ4v) is 1.67. The van der Waals surface area contributed by atoms with Crippen LogP contribution in [0.2, 0.25) is 0 Å². The van der Waals surface area contributed by atoms with Crippen LogP contribution in [0.4, 0.5) is 0 Å². The molecule has 0 aliphatic rings. The van der Waals surface area contributed by atoms with Crippen molar-refractivity contribution < 1.29 is 24.5 Å². The molecule has 0 heterocycles. The molecular weight excluding hydrogens is 292 g/mol. The first kappa shape index (κ1) is 13.2. The third kappa shape index (κ3) is 3.32. The fourth-order valence-electron chi connectivity index (χ4n) is 1.19.